The molecule has 146 valence electrons. The van der Waals surface area contributed by atoms with Gasteiger partial charge in [-0.1, -0.05) is 6.07 Å². The van der Waals surface area contributed by atoms with Crippen LogP contribution >= 0.6 is 0 Å². The van der Waals surface area contributed by atoms with Crippen LogP contribution in [0.2, 0.25) is 0 Å². The third kappa shape index (κ3) is 3.11. The third-order valence-electron chi connectivity index (χ3n) is 5.44. The van der Waals surface area contributed by atoms with Gasteiger partial charge in [-0.3, -0.25) is 4.79 Å². The van der Waals surface area contributed by atoms with Crippen molar-refractivity contribution in [2.24, 2.45) is 5.92 Å². The molecule has 8 heteroatoms. The molecule has 1 saturated heterocycles. The van der Waals surface area contributed by atoms with Gasteiger partial charge in [0.2, 0.25) is 10.0 Å². The minimum absolute atomic E-state index is 0.0223. The topological polar surface area (TPSA) is 92.4 Å². The van der Waals surface area contributed by atoms with Gasteiger partial charge in [-0.05, 0) is 43.5 Å². The Kier molecular flexibility index (Phi) is 4.73. The number of piperidine rings is 1. The zero-order valence-corrected chi connectivity index (χ0v) is 16.4. The van der Waals surface area contributed by atoms with Crippen molar-refractivity contribution in [1.29, 1.82) is 5.26 Å². The quantitative estimate of drug-likeness (QED) is 0.783. The second-order valence-electron chi connectivity index (χ2n) is 7.23. The van der Waals surface area contributed by atoms with Crippen molar-refractivity contribution < 1.29 is 13.2 Å². The molecule has 2 aliphatic heterocycles. The lowest BCUT2D eigenvalue weighted by Gasteiger charge is -2.42. The van der Waals surface area contributed by atoms with E-state index < -0.39 is 10.0 Å². The maximum Gasteiger partial charge on any atom is 0.250 e. The van der Waals surface area contributed by atoms with Crippen LogP contribution in [0, 0.1) is 17.2 Å². The maximum absolute atomic E-state index is 13.4. The van der Waals surface area contributed by atoms with Gasteiger partial charge in [0.1, 0.15) is 10.6 Å². The van der Waals surface area contributed by atoms with Gasteiger partial charge >= 0.3 is 0 Å². The normalized spacial score (nSPS) is 21.6. The molecule has 0 radical (unpaired) electrons. The summed E-state index contributed by atoms with van der Waals surface area (Å²) in [5.74, 6) is 0.315. The molecule has 28 heavy (non-hydrogen) atoms. The van der Waals surface area contributed by atoms with Crippen LogP contribution in [0.15, 0.2) is 46.1 Å². The van der Waals surface area contributed by atoms with Crippen LogP contribution in [0.5, 0.6) is 5.75 Å². The summed E-state index contributed by atoms with van der Waals surface area (Å²) in [5.41, 5.74) is 1.12. The average molecular weight is 399 g/mol. The molecule has 2 aromatic rings. The number of sulfonamides is 1. The van der Waals surface area contributed by atoms with Crippen LogP contribution in [-0.4, -0.2) is 37.0 Å². The molecular weight excluding hydrogens is 378 g/mol. The average Bonchev–Trinajstić information content (AvgIpc) is 2.69. The van der Waals surface area contributed by atoms with E-state index in [2.05, 4.69) is 0 Å². The Labute approximate surface area is 163 Å². The highest BCUT2D eigenvalue weighted by Crippen LogP contribution is 2.38. The molecule has 2 bridgehead atoms. The van der Waals surface area contributed by atoms with E-state index in [1.807, 2.05) is 12.1 Å². The number of nitriles is 1. The molecule has 0 amide bonds. The fraction of sp³-hybridized carbons (Fsp3) is 0.400. The molecule has 2 aliphatic rings. The molecule has 4 rings (SSSR count). The Balaban J connectivity index is 1.73. The molecule has 1 aromatic carbocycles. The van der Waals surface area contributed by atoms with Gasteiger partial charge in [0.15, 0.2) is 0 Å². The first kappa shape index (κ1) is 18.7. The third-order valence-corrected chi connectivity index (χ3v) is 7.29. The van der Waals surface area contributed by atoms with E-state index in [-0.39, 0.29) is 33.6 Å². The molecule has 7 nitrogen and oxygen atoms in total. The summed E-state index contributed by atoms with van der Waals surface area (Å²) in [6.07, 6.45) is 0.867. The molecular formula is C20H21N3O4S. The monoisotopic (exact) mass is 399 g/mol. The summed E-state index contributed by atoms with van der Waals surface area (Å²) in [6.45, 7) is 3.30. The summed E-state index contributed by atoms with van der Waals surface area (Å²) in [4.78, 5) is 12.2. The Morgan fingerprint density at radius 1 is 1.21 bits per heavy atom. The lowest BCUT2D eigenvalue weighted by atomic mass is 9.84. The predicted molar refractivity (Wildman–Crippen MR) is 103 cm³/mol. The molecule has 1 fully saturated rings. The first-order valence-corrected chi connectivity index (χ1v) is 10.7. The fourth-order valence-corrected chi connectivity index (χ4v) is 5.96. The lowest BCUT2D eigenvalue weighted by Crippen LogP contribution is -2.49. The largest absolute Gasteiger partial charge is 0.492 e. The minimum atomic E-state index is -3.83. The standard InChI is InChI=1S/C20H21N3O4S/c1-2-27-18-7-6-14(10-21)9-19(18)28(25,26)22-11-15-8-16(13-22)17-4-3-5-20(24)23(17)12-15/h3-7,9,15-16H,2,8,11-13H2,1H3/t15-,16+/m1/s1. The van der Waals surface area contributed by atoms with Crippen molar-refractivity contribution in [3.05, 3.63) is 58.0 Å². The Morgan fingerprint density at radius 2 is 2.04 bits per heavy atom. The maximum atomic E-state index is 13.4. The van der Waals surface area contributed by atoms with Crippen LogP contribution in [0.3, 0.4) is 0 Å². The lowest BCUT2D eigenvalue weighted by molar-refractivity contribution is 0.186. The van der Waals surface area contributed by atoms with Crippen LogP contribution < -0.4 is 10.3 Å². The van der Waals surface area contributed by atoms with E-state index in [0.717, 1.165) is 12.1 Å². The molecule has 0 N–H and O–H groups in total. The SMILES string of the molecule is CCOc1ccc(C#N)cc1S(=O)(=O)N1C[C@H]2C[C@@H](C1)c1cccc(=O)n1C2. The van der Waals surface area contributed by atoms with Crippen molar-refractivity contribution in [3.8, 4) is 11.8 Å². The first-order chi connectivity index (χ1) is 13.4. The second kappa shape index (κ2) is 7.08. The summed E-state index contributed by atoms with van der Waals surface area (Å²) >= 11 is 0. The van der Waals surface area contributed by atoms with E-state index in [9.17, 15) is 18.5 Å². The number of pyridine rings is 1. The molecule has 0 saturated carbocycles. The summed E-state index contributed by atoms with van der Waals surface area (Å²) in [5, 5.41) is 9.19. The van der Waals surface area contributed by atoms with Crippen LogP contribution in [0.25, 0.3) is 0 Å². The Hall–Kier alpha value is -2.63. The zero-order valence-electron chi connectivity index (χ0n) is 15.5. The van der Waals surface area contributed by atoms with Crippen molar-refractivity contribution in [1.82, 2.24) is 8.87 Å². The smallest absolute Gasteiger partial charge is 0.250 e. The predicted octanol–water partition coefficient (Wildman–Crippen LogP) is 1.93. The Morgan fingerprint density at radius 3 is 2.79 bits per heavy atom. The number of fused-ring (bicyclic) bond motifs is 4. The zero-order chi connectivity index (χ0) is 19.9. The fourth-order valence-electron chi connectivity index (χ4n) is 4.24. The van der Waals surface area contributed by atoms with Crippen molar-refractivity contribution in [2.45, 2.75) is 30.7 Å². The van der Waals surface area contributed by atoms with Crippen molar-refractivity contribution in [2.75, 3.05) is 19.7 Å². The number of ether oxygens (including phenoxy) is 1. The van der Waals surface area contributed by atoms with E-state index in [0.29, 0.717) is 26.2 Å². The highest BCUT2D eigenvalue weighted by atomic mass is 32.2. The summed E-state index contributed by atoms with van der Waals surface area (Å²) in [7, 11) is -3.83. The molecule has 3 heterocycles. The summed E-state index contributed by atoms with van der Waals surface area (Å²) in [6, 6.07) is 11.6. The van der Waals surface area contributed by atoms with Gasteiger partial charge in [-0.15, -0.1) is 0 Å². The van der Waals surface area contributed by atoms with E-state index in [1.54, 1.807) is 29.7 Å². The van der Waals surface area contributed by atoms with Gasteiger partial charge in [0, 0.05) is 37.3 Å². The highest BCUT2D eigenvalue weighted by Gasteiger charge is 2.40. The molecule has 1 aromatic heterocycles. The molecule has 0 aliphatic carbocycles. The van der Waals surface area contributed by atoms with Gasteiger partial charge in [-0.2, -0.15) is 9.57 Å². The van der Waals surface area contributed by atoms with Crippen molar-refractivity contribution >= 4 is 10.0 Å². The number of hydrogen-bond donors (Lipinski definition) is 0. The number of nitrogens with zero attached hydrogens (tertiary/aromatic N) is 3. The number of rotatable bonds is 4. The van der Waals surface area contributed by atoms with E-state index in [1.165, 1.54) is 16.4 Å². The summed E-state index contributed by atoms with van der Waals surface area (Å²) < 4.78 is 35.6. The second-order valence-corrected chi connectivity index (χ2v) is 9.13. The van der Waals surface area contributed by atoms with E-state index >= 15 is 0 Å². The van der Waals surface area contributed by atoms with Crippen molar-refractivity contribution in [3.63, 3.8) is 0 Å². The van der Waals surface area contributed by atoms with Gasteiger partial charge in [-0.25, -0.2) is 8.42 Å². The molecule has 0 spiro atoms. The molecule has 2 atom stereocenters. The van der Waals surface area contributed by atoms with Gasteiger partial charge in [0.05, 0.1) is 18.2 Å². The highest BCUT2D eigenvalue weighted by molar-refractivity contribution is 7.89. The minimum Gasteiger partial charge on any atom is -0.492 e. The number of aromatic nitrogens is 1. The van der Waals surface area contributed by atoms with Gasteiger partial charge < -0.3 is 9.30 Å². The van der Waals surface area contributed by atoms with Crippen LogP contribution in [0.4, 0.5) is 0 Å². The van der Waals surface area contributed by atoms with Crippen LogP contribution in [-0.2, 0) is 16.6 Å². The van der Waals surface area contributed by atoms with Gasteiger partial charge in [0.25, 0.3) is 5.56 Å². The number of benzene rings is 1. The Bertz CT molecular complexity index is 1120. The van der Waals surface area contributed by atoms with Crippen LogP contribution in [0.1, 0.15) is 30.5 Å². The first-order valence-electron chi connectivity index (χ1n) is 9.31. The molecule has 0 unspecified atom stereocenters. The number of hydrogen-bond acceptors (Lipinski definition) is 5. The van der Waals surface area contributed by atoms with E-state index in [4.69, 9.17) is 4.74 Å².